The molecule has 2 heterocycles. The summed E-state index contributed by atoms with van der Waals surface area (Å²) in [7, 11) is 0. The lowest BCUT2D eigenvalue weighted by Gasteiger charge is -2.34. The number of halogens is 1. The molecule has 1 unspecified atom stereocenters. The van der Waals surface area contributed by atoms with Gasteiger partial charge in [0.15, 0.2) is 0 Å². The van der Waals surface area contributed by atoms with Crippen LogP contribution in [0.3, 0.4) is 0 Å². The van der Waals surface area contributed by atoms with Crippen molar-refractivity contribution < 1.29 is 9.53 Å². The van der Waals surface area contributed by atoms with E-state index in [-0.39, 0.29) is 23.6 Å². The van der Waals surface area contributed by atoms with Crippen LogP contribution in [0.25, 0.3) is 10.8 Å². The van der Waals surface area contributed by atoms with Crippen molar-refractivity contribution in [3.8, 4) is 5.75 Å². The molecule has 0 radical (unpaired) electrons. The predicted octanol–water partition coefficient (Wildman–Crippen LogP) is 1.90. The molecule has 3 rings (SSSR count). The molecule has 1 aromatic carbocycles. The van der Waals surface area contributed by atoms with Crippen LogP contribution < -0.4 is 16.0 Å². The van der Waals surface area contributed by atoms with E-state index in [0.29, 0.717) is 16.2 Å². The molecular weight excluding hydrogens is 330 g/mol. The monoisotopic (exact) mass is 349 g/mol. The van der Waals surface area contributed by atoms with Crippen LogP contribution in [0.2, 0.25) is 5.02 Å². The minimum absolute atomic E-state index is 0.0262. The summed E-state index contributed by atoms with van der Waals surface area (Å²) in [5, 5.41) is 1.75. The van der Waals surface area contributed by atoms with Gasteiger partial charge in [-0.15, -0.1) is 0 Å². The third-order valence-corrected chi connectivity index (χ3v) is 4.85. The van der Waals surface area contributed by atoms with E-state index >= 15 is 0 Å². The van der Waals surface area contributed by atoms with Crippen LogP contribution in [0.1, 0.15) is 19.8 Å². The summed E-state index contributed by atoms with van der Waals surface area (Å²) in [5.41, 5.74) is 5.18. The van der Waals surface area contributed by atoms with Gasteiger partial charge in [0.2, 0.25) is 5.91 Å². The van der Waals surface area contributed by atoms with Crippen molar-refractivity contribution in [3.05, 3.63) is 39.8 Å². The van der Waals surface area contributed by atoms with E-state index in [2.05, 4.69) is 9.88 Å². The summed E-state index contributed by atoms with van der Waals surface area (Å²) in [4.78, 5) is 27.7. The van der Waals surface area contributed by atoms with Gasteiger partial charge in [-0.2, -0.15) is 0 Å². The number of benzene rings is 1. The van der Waals surface area contributed by atoms with Gasteiger partial charge in [-0.05, 0) is 43.4 Å². The number of pyridine rings is 1. The second-order valence-corrected chi connectivity index (χ2v) is 6.52. The van der Waals surface area contributed by atoms with Crippen molar-refractivity contribution in [2.75, 3.05) is 13.1 Å². The zero-order valence-electron chi connectivity index (χ0n) is 13.4. The van der Waals surface area contributed by atoms with Gasteiger partial charge in [-0.1, -0.05) is 11.6 Å². The van der Waals surface area contributed by atoms with E-state index in [9.17, 15) is 9.59 Å². The second-order valence-electron chi connectivity index (χ2n) is 6.11. The fraction of sp³-hybridized carbons (Fsp3) is 0.412. The number of aromatic nitrogens is 1. The van der Waals surface area contributed by atoms with Crippen LogP contribution in [-0.2, 0) is 4.79 Å². The second kappa shape index (κ2) is 6.83. The molecule has 0 aliphatic carbocycles. The molecule has 2 aromatic rings. The molecule has 0 saturated carbocycles. The first-order valence-electron chi connectivity index (χ1n) is 7.96. The molecule has 6 nitrogen and oxygen atoms in total. The van der Waals surface area contributed by atoms with Gasteiger partial charge in [-0.25, -0.2) is 0 Å². The number of nitrogens with two attached hydrogens (primary N) is 1. The average Bonchev–Trinajstić information content (AvgIpc) is 2.56. The topological polar surface area (TPSA) is 88.4 Å². The first-order valence-corrected chi connectivity index (χ1v) is 8.34. The number of carbonyl (C=O) groups excluding carboxylic acids is 1. The number of carbonyl (C=O) groups is 1. The molecule has 1 amide bonds. The average molecular weight is 350 g/mol. The predicted molar refractivity (Wildman–Crippen MR) is 93.5 cm³/mol. The Morgan fingerprint density at radius 3 is 2.79 bits per heavy atom. The smallest absolute Gasteiger partial charge is 0.255 e. The lowest BCUT2D eigenvalue weighted by molar-refractivity contribution is -0.123. The number of fused-ring (bicyclic) bond motifs is 1. The summed E-state index contributed by atoms with van der Waals surface area (Å²) >= 11 is 6.27. The van der Waals surface area contributed by atoms with Crippen LogP contribution in [0.4, 0.5) is 0 Å². The van der Waals surface area contributed by atoms with Crippen molar-refractivity contribution in [2.45, 2.75) is 31.9 Å². The van der Waals surface area contributed by atoms with Crippen LogP contribution in [0.5, 0.6) is 5.75 Å². The standard InChI is InChI=1S/C17H20ClN3O3/c1-10(16(19)22)21-6-3-12(4-7-21)24-15-8-11-2-5-20-17(23)13(11)9-14(15)18/h2,5,8-10,12H,3-4,6-7H2,1H3,(H2,19,22)(H,20,23). The van der Waals surface area contributed by atoms with Crippen molar-refractivity contribution in [1.82, 2.24) is 9.88 Å². The third-order valence-electron chi connectivity index (χ3n) is 4.56. The summed E-state index contributed by atoms with van der Waals surface area (Å²) < 4.78 is 6.04. The van der Waals surface area contributed by atoms with Crippen molar-refractivity contribution >= 4 is 28.3 Å². The van der Waals surface area contributed by atoms with Crippen molar-refractivity contribution in [3.63, 3.8) is 0 Å². The Bertz CT molecular complexity index is 812. The molecule has 1 aliphatic heterocycles. The quantitative estimate of drug-likeness (QED) is 0.882. The molecule has 0 spiro atoms. The summed E-state index contributed by atoms with van der Waals surface area (Å²) in [6.07, 6.45) is 3.22. The minimum Gasteiger partial charge on any atom is -0.489 e. The lowest BCUT2D eigenvalue weighted by atomic mass is 10.1. The molecule has 7 heteroatoms. The van der Waals surface area contributed by atoms with Gasteiger partial charge in [0.1, 0.15) is 11.9 Å². The lowest BCUT2D eigenvalue weighted by Crippen LogP contribution is -2.48. The van der Waals surface area contributed by atoms with Gasteiger partial charge in [-0.3, -0.25) is 14.5 Å². The van der Waals surface area contributed by atoms with E-state index in [1.54, 1.807) is 18.3 Å². The maximum atomic E-state index is 11.8. The Morgan fingerprint density at radius 2 is 2.12 bits per heavy atom. The number of rotatable bonds is 4. The number of nitrogens with zero attached hydrogens (tertiary/aromatic N) is 1. The number of piperidine rings is 1. The molecule has 1 fully saturated rings. The van der Waals surface area contributed by atoms with Crippen LogP contribution >= 0.6 is 11.6 Å². The number of primary amides is 1. The molecule has 1 saturated heterocycles. The van der Waals surface area contributed by atoms with E-state index in [1.807, 2.05) is 13.0 Å². The first kappa shape index (κ1) is 16.8. The molecular formula is C17H20ClN3O3. The third kappa shape index (κ3) is 3.39. The fourth-order valence-corrected chi connectivity index (χ4v) is 3.23. The van der Waals surface area contributed by atoms with Crippen molar-refractivity contribution in [1.29, 1.82) is 0 Å². The van der Waals surface area contributed by atoms with Crippen LogP contribution in [-0.4, -0.2) is 41.0 Å². The highest BCUT2D eigenvalue weighted by Crippen LogP contribution is 2.31. The number of aromatic amines is 1. The highest BCUT2D eigenvalue weighted by Gasteiger charge is 2.26. The highest BCUT2D eigenvalue weighted by molar-refractivity contribution is 6.32. The zero-order valence-corrected chi connectivity index (χ0v) is 14.2. The molecule has 128 valence electrons. The Kier molecular flexibility index (Phi) is 4.78. The molecule has 1 aromatic heterocycles. The van der Waals surface area contributed by atoms with E-state index in [4.69, 9.17) is 22.1 Å². The molecule has 3 N–H and O–H groups in total. The largest absolute Gasteiger partial charge is 0.489 e. The van der Waals surface area contributed by atoms with Gasteiger partial charge in [0.05, 0.1) is 11.1 Å². The molecule has 24 heavy (non-hydrogen) atoms. The van der Waals surface area contributed by atoms with E-state index < -0.39 is 0 Å². The number of nitrogens with one attached hydrogen (secondary N) is 1. The van der Waals surface area contributed by atoms with Gasteiger partial charge in [0, 0.05) is 24.7 Å². The number of ether oxygens (including phenoxy) is 1. The van der Waals surface area contributed by atoms with Gasteiger partial charge < -0.3 is 15.5 Å². The number of H-pyrrole nitrogens is 1. The first-order chi connectivity index (χ1) is 11.5. The maximum absolute atomic E-state index is 11.8. The Morgan fingerprint density at radius 1 is 1.42 bits per heavy atom. The van der Waals surface area contributed by atoms with Crippen LogP contribution in [0.15, 0.2) is 29.2 Å². The number of likely N-dealkylation sites (tertiary alicyclic amines) is 1. The van der Waals surface area contributed by atoms with Crippen LogP contribution in [0, 0.1) is 0 Å². The molecule has 0 bridgehead atoms. The highest BCUT2D eigenvalue weighted by atomic mass is 35.5. The Hall–Kier alpha value is -2.05. The number of hydrogen-bond acceptors (Lipinski definition) is 4. The zero-order chi connectivity index (χ0) is 17.3. The van der Waals surface area contributed by atoms with E-state index in [0.717, 1.165) is 31.3 Å². The summed E-state index contributed by atoms with van der Waals surface area (Å²) in [6.45, 7) is 3.32. The maximum Gasteiger partial charge on any atom is 0.255 e. The van der Waals surface area contributed by atoms with Crippen molar-refractivity contribution in [2.24, 2.45) is 5.73 Å². The van der Waals surface area contributed by atoms with Gasteiger partial charge >= 0.3 is 0 Å². The van der Waals surface area contributed by atoms with E-state index in [1.165, 1.54) is 0 Å². The Labute approximate surface area is 144 Å². The molecule has 1 aliphatic rings. The minimum atomic E-state index is -0.308. The number of hydrogen-bond donors (Lipinski definition) is 2. The number of amides is 1. The summed E-state index contributed by atoms with van der Waals surface area (Å²) in [6, 6.07) is 4.99. The Balaban J connectivity index is 1.71. The van der Waals surface area contributed by atoms with Gasteiger partial charge in [0.25, 0.3) is 5.56 Å². The normalized spacial score (nSPS) is 17.8. The SMILES string of the molecule is CC(C(N)=O)N1CCC(Oc2cc3cc[nH]c(=O)c3cc2Cl)CC1. The fourth-order valence-electron chi connectivity index (χ4n) is 3.02. The summed E-state index contributed by atoms with van der Waals surface area (Å²) in [5.74, 6) is 0.272. The molecule has 1 atom stereocenters.